The van der Waals surface area contributed by atoms with E-state index in [9.17, 15) is 4.39 Å². The molecule has 2 heterocycles. The summed E-state index contributed by atoms with van der Waals surface area (Å²) < 4.78 is 12.9. The summed E-state index contributed by atoms with van der Waals surface area (Å²) in [6, 6.07) is 14.4. The quantitative estimate of drug-likeness (QED) is 0.582. The molecule has 0 amide bonds. The number of fused-ring (bicyclic) bond motifs is 3. The van der Waals surface area contributed by atoms with Crippen LogP contribution in [-0.2, 0) is 5.75 Å². The maximum atomic E-state index is 12.9. The summed E-state index contributed by atoms with van der Waals surface area (Å²) in [7, 11) is 0. The monoisotopic (exact) mass is 310 g/mol. The third-order valence-corrected chi connectivity index (χ3v) is 4.29. The van der Waals surface area contributed by atoms with Gasteiger partial charge in [-0.3, -0.25) is 0 Å². The third kappa shape index (κ3) is 2.42. The Morgan fingerprint density at radius 2 is 1.82 bits per heavy atom. The van der Waals surface area contributed by atoms with Gasteiger partial charge in [-0.1, -0.05) is 42.1 Å². The predicted octanol–water partition coefficient (Wildman–Crippen LogP) is 3.94. The molecule has 0 aliphatic rings. The minimum absolute atomic E-state index is 0.230. The maximum absolute atomic E-state index is 12.9. The summed E-state index contributed by atoms with van der Waals surface area (Å²) in [4.78, 5) is 7.75. The van der Waals surface area contributed by atoms with Gasteiger partial charge in [-0.05, 0) is 23.8 Å². The lowest BCUT2D eigenvalue weighted by Crippen LogP contribution is -1.92. The molecule has 0 unspecified atom stereocenters. The highest BCUT2D eigenvalue weighted by atomic mass is 32.2. The molecule has 0 aliphatic heterocycles. The molecule has 4 rings (SSSR count). The van der Waals surface area contributed by atoms with Crippen molar-refractivity contribution in [1.82, 2.24) is 20.2 Å². The number of nitrogens with zero attached hydrogens (tertiary/aromatic N) is 3. The predicted molar refractivity (Wildman–Crippen MR) is 85.2 cm³/mol. The number of hydrogen-bond acceptors (Lipinski definition) is 4. The zero-order valence-corrected chi connectivity index (χ0v) is 12.3. The Hall–Kier alpha value is -2.47. The van der Waals surface area contributed by atoms with Crippen molar-refractivity contribution in [1.29, 1.82) is 0 Å². The highest BCUT2D eigenvalue weighted by Crippen LogP contribution is 2.24. The van der Waals surface area contributed by atoms with Crippen LogP contribution in [0.5, 0.6) is 0 Å². The minimum Gasteiger partial charge on any atom is -0.338 e. The van der Waals surface area contributed by atoms with Gasteiger partial charge in [-0.2, -0.15) is 0 Å². The van der Waals surface area contributed by atoms with Crippen LogP contribution in [0.3, 0.4) is 0 Å². The Morgan fingerprint density at radius 3 is 2.68 bits per heavy atom. The average Bonchev–Trinajstić information content (AvgIpc) is 2.92. The van der Waals surface area contributed by atoms with E-state index in [0.29, 0.717) is 10.9 Å². The Labute approximate surface area is 129 Å². The van der Waals surface area contributed by atoms with Crippen molar-refractivity contribution < 1.29 is 4.39 Å². The van der Waals surface area contributed by atoms with Gasteiger partial charge in [0.05, 0.1) is 0 Å². The van der Waals surface area contributed by atoms with Gasteiger partial charge in [-0.25, -0.2) is 9.37 Å². The van der Waals surface area contributed by atoms with Crippen molar-refractivity contribution in [2.75, 3.05) is 0 Å². The molecule has 108 valence electrons. The Balaban J connectivity index is 1.62. The Morgan fingerprint density at radius 1 is 1.00 bits per heavy atom. The second-order valence-electron chi connectivity index (χ2n) is 4.88. The van der Waals surface area contributed by atoms with Crippen LogP contribution in [0.25, 0.3) is 22.1 Å². The molecular weight excluding hydrogens is 299 g/mol. The average molecular weight is 310 g/mol. The summed E-state index contributed by atoms with van der Waals surface area (Å²) in [5.74, 6) is 0.444. The van der Waals surface area contributed by atoms with Crippen molar-refractivity contribution in [3.8, 4) is 0 Å². The van der Waals surface area contributed by atoms with Crippen LogP contribution < -0.4 is 0 Å². The fourth-order valence-electron chi connectivity index (χ4n) is 2.30. The number of para-hydroxylation sites is 1. The van der Waals surface area contributed by atoms with Crippen LogP contribution in [0.4, 0.5) is 4.39 Å². The van der Waals surface area contributed by atoms with Crippen molar-refractivity contribution in [2.45, 2.75) is 10.9 Å². The van der Waals surface area contributed by atoms with Crippen molar-refractivity contribution in [3.63, 3.8) is 0 Å². The fourth-order valence-corrected chi connectivity index (χ4v) is 3.04. The summed E-state index contributed by atoms with van der Waals surface area (Å²) in [5.41, 5.74) is 3.53. The minimum atomic E-state index is -0.230. The van der Waals surface area contributed by atoms with E-state index in [1.807, 2.05) is 24.3 Å². The molecule has 2 aromatic heterocycles. The first-order valence-corrected chi connectivity index (χ1v) is 7.76. The second kappa shape index (κ2) is 5.38. The summed E-state index contributed by atoms with van der Waals surface area (Å²) >= 11 is 1.48. The molecule has 22 heavy (non-hydrogen) atoms. The molecule has 0 aliphatic carbocycles. The highest BCUT2D eigenvalue weighted by molar-refractivity contribution is 7.98. The van der Waals surface area contributed by atoms with Gasteiger partial charge in [0.25, 0.3) is 0 Å². The van der Waals surface area contributed by atoms with Crippen LogP contribution in [0, 0.1) is 5.82 Å². The number of aromatic amines is 1. The maximum Gasteiger partial charge on any atom is 0.211 e. The largest absolute Gasteiger partial charge is 0.338 e. The van der Waals surface area contributed by atoms with E-state index in [-0.39, 0.29) is 5.82 Å². The highest BCUT2D eigenvalue weighted by Gasteiger charge is 2.09. The van der Waals surface area contributed by atoms with Crippen LogP contribution in [-0.4, -0.2) is 20.2 Å². The van der Waals surface area contributed by atoms with Gasteiger partial charge in [0.1, 0.15) is 11.3 Å². The van der Waals surface area contributed by atoms with Crippen molar-refractivity contribution >= 4 is 33.8 Å². The summed E-state index contributed by atoms with van der Waals surface area (Å²) in [6.45, 7) is 0. The molecule has 0 fully saturated rings. The van der Waals surface area contributed by atoms with Gasteiger partial charge in [0.2, 0.25) is 5.16 Å². The topological polar surface area (TPSA) is 54.5 Å². The Bertz CT molecular complexity index is 949. The SMILES string of the molecule is Fc1ccc(CSc2nnc3c(n2)[nH]c2ccccc23)cc1. The van der Waals surface area contributed by atoms with Crippen molar-refractivity contribution in [2.24, 2.45) is 0 Å². The zero-order chi connectivity index (χ0) is 14.9. The number of aromatic nitrogens is 4. The number of benzene rings is 2. The standard InChI is InChI=1S/C16H11FN4S/c17-11-7-5-10(6-8-11)9-22-16-19-15-14(20-21-16)12-3-1-2-4-13(12)18-15/h1-8H,9H2,(H,18,19,21). The van der Waals surface area contributed by atoms with Crippen LogP contribution in [0.1, 0.15) is 5.56 Å². The first-order chi connectivity index (χ1) is 10.8. The molecule has 0 saturated heterocycles. The molecule has 0 bridgehead atoms. The van der Waals surface area contributed by atoms with Gasteiger partial charge in [0.15, 0.2) is 5.65 Å². The molecule has 0 radical (unpaired) electrons. The molecule has 4 nitrogen and oxygen atoms in total. The van der Waals surface area contributed by atoms with Gasteiger partial charge >= 0.3 is 0 Å². The molecule has 6 heteroatoms. The molecule has 0 atom stereocenters. The molecule has 2 aromatic carbocycles. The van der Waals surface area contributed by atoms with E-state index in [4.69, 9.17) is 0 Å². The van der Waals surface area contributed by atoms with Gasteiger partial charge < -0.3 is 4.98 Å². The van der Waals surface area contributed by atoms with Gasteiger partial charge in [-0.15, -0.1) is 10.2 Å². The molecule has 0 spiro atoms. The van der Waals surface area contributed by atoms with Crippen LogP contribution in [0.2, 0.25) is 0 Å². The van der Waals surface area contributed by atoms with E-state index in [2.05, 4.69) is 20.2 Å². The van der Waals surface area contributed by atoms with E-state index in [1.54, 1.807) is 12.1 Å². The molecule has 0 saturated carbocycles. The summed E-state index contributed by atoms with van der Waals surface area (Å²) in [5, 5.41) is 10.1. The van der Waals surface area contributed by atoms with Gasteiger partial charge in [0, 0.05) is 16.7 Å². The van der Waals surface area contributed by atoms with E-state index in [1.165, 1.54) is 23.9 Å². The lowest BCUT2D eigenvalue weighted by Gasteiger charge is -2.00. The first-order valence-electron chi connectivity index (χ1n) is 6.78. The fraction of sp³-hybridized carbons (Fsp3) is 0.0625. The number of nitrogens with one attached hydrogen (secondary N) is 1. The van der Waals surface area contributed by atoms with E-state index >= 15 is 0 Å². The smallest absolute Gasteiger partial charge is 0.211 e. The zero-order valence-electron chi connectivity index (χ0n) is 11.5. The van der Waals surface area contributed by atoms with E-state index in [0.717, 1.165) is 27.6 Å². The normalized spacial score (nSPS) is 11.3. The number of rotatable bonds is 3. The number of H-pyrrole nitrogens is 1. The van der Waals surface area contributed by atoms with Crippen LogP contribution >= 0.6 is 11.8 Å². The number of thioether (sulfide) groups is 1. The molecular formula is C16H11FN4S. The lowest BCUT2D eigenvalue weighted by atomic mass is 10.2. The first kappa shape index (κ1) is 13.2. The molecule has 4 aromatic rings. The van der Waals surface area contributed by atoms with Crippen LogP contribution in [0.15, 0.2) is 53.7 Å². The number of hydrogen-bond donors (Lipinski definition) is 1. The summed E-state index contributed by atoms with van der Waals surface area (Å²) in [6.07, 6.45) is 0. The number of halogens is 1. The third-order valence-electron chi connectivity index (χ3n) is 3.38. The Kier molecular flexibility index (Phi) is 3.23. The van der Waals surface area contributed by atoms with E-state index < -0.39 is 0 Å². The van der Waals surface area contributed by atoms with Crippen molar-refractivity contribution in [3.05, 3.63) is 59.9 Å². The second-order valence-corrected chi connectivity index (χ2v) is 5.82. The molecule has 1 N–H and O–H groups in total. The lowest BCUT2D eigenvalue weighted by molar-refractivity contribution is 0.627.